The summed E-state index contributed by atoms with van der Waals surface area (Å²) in [5, 5.41) is 5.01. The van der Waals surface area contributed by atoms with Crippen LogP contribution in [0.4, 0.5) is 0 Å². The minimum atomic E-state index is 0.742. The smallest absolute Gasteiger partial charge is 0.160 e. The van der Waals surface area contributed by atoms with Crippen molar-refractivity contribution in [3.8, 4) is 56.4 Å². The Morgan fingerprint density at radius 2 is 0.780 bits per heavy atom. The van der Waals surface area contributed by atoms with Crippen molar-refractivity contribution in [3.63, 3.8) is 0 Å². The Balaban J connectivity index is 0.970. The molecule has 4 heteroatoms. The molecule has 0 atom stereocenters. The molecule has 11 rings (SSSR count). The fourth-order valence-corrected chi connectivity index (χ4v) is 9.04. The lowest BCUT2D eigenvalue weighted by Gasteiger charge is -2.14. The largest absolute Gasteiger partial charge is 0.309 e. The van der Waals surface area contributed by atoms with E-state index in [0.29, 0.717) is 0 Å². The third-order valence-corrected chi connectivity index (χ3v) is 12.0. The molecule has 0 amide bonds. The Kier molecular flexibility index (Phi) is 8.12. The highest BCUT2D eigenvalue weighted by Crippen LogP contribution is 2.38. The summed E-state index contributed by atoms with van der Waals surface area (Å²) >= 11 is 0. The van der Waals surface area contributed by atoms with Crippen molar-refractivity contribution in [2.75, 3.05) is 0 Å². The molecule has 0 radical (unpaired) electrons. The van der Waals surface area contributed by atoms with Gasteiger partial charge in [0.25, 0.3) is 0 Å². The standard InChI is InChI=1S/C55H40N4/c1-35-14-4-6-16-42(35)49-34-50(57-55(56-49)44-17-7-5-15-36(44)2)43-30-26-39(32-37(43)3)38-24-27-40(28-25-38)58-53-23-13-10-20-47(53)48-33-41(29-31-54(48)58)59-51-21-11-8-18-45(51)46-19-9-12-22-52(46)59/h4-34H,1-3H3. The molecule has 11 aromatic rings. The van der Waals surface area contributed by atoms with Gasteiger partial charge in [0.2, 0.25) is 0 Å². The van der Waals surface area contributed by atoms with E-state index in [9.17, 15) is 0 Å². The lowest BCUT2D eigenvalue weighted by molar-refractivity contribution is 1.16. The molecule has 4 nitrogen and oxygen atoms in total. The van der Waals surface area contributed by atoms with E-state index >= 15 is 0 Å². The highest BCUT2D eigenvalue weighted by Gasteiger charge is 2.18. The van der Waals surface area contributed by atoms with E-state index in [2.05, 4.69) is 218 Å². The normalized spacial score (nSPS) is 11.6. The van der Waals surface area contributed by atoms with Crippen LogP contribution >= 0.6 is 0 Å². The molecule has 0 saturated heterocycles. The number of aryl methyl sites for hydroxylation is 3. The van der Waals surface area contributed by atoms with Crippen LogP contribution in [0.3, 0.4) is 0 Å². The Bertz CT molecular complexity index is 3300. The van der Waals surface area contributed by atoms with Crippen LogP contribution < -0.4 is 0 Å². The van der Waals surface area contributed by atoms with Gasteiger partial charge in [-0.25, -0.2) is 9.97 Å². The second-order valence-electron chi connectivity index (χ2n) is 15.6. The molecule has 59 heavy (non-hydrogen) atoms. The number of nitrogens with zero attached hydrogens (tertiary/aromatic N) is 4. The number of rotatable bonds is 6. The molecule has 0 aliphatic rings. The summed E-state index contributed by atoms with van der Waals surface area (Å²) in [6, 6.07) is 67.7. The summed E-state index contributed by atoms with van der Waals surface area (Å²) in [6.07, 6.45) is 0. The monoisotopic (exact) mass is 756 g/mol. The molecule has 0 spiro atoms. The van der Waals surface area contributed by atoms with E-state index in [0.717, 1.165) is 56.4 Å². The third-order valence-electron chi connectivity index (χ3n) is 12.0. The average molecular weight is 757 g/mol. The maximum absolute atomic E-state index is 5.17. The van der Waals surface area contributed by atoms with Crippen LogP contribution in [0.15, 0.2) is 188 Å². The maximum atomic E-state index is 5.17. The van der Waals surface area contributed by atoms with Crippen molar-refractivity contribution < 1.29 is 0 Å². The van der Waals surface area contributed by atoms with Gasteiger partial charge < -0.3 is 9.13 Å². The fraction of sp³-hybridized carbons (Fsp3) is 0.0545. The van der Waals surface area contributed by atoms with Crippen LogP contribution in [0.5, 0.6) is 0 Å². The minimum Gasteiger partial charge on any atom is -0.309 e. The predicted octanol–water partition coefficient (Wildman–Crippen LogP) is 14.3. The van der Waals surface area contributed by atoms with Crippen LogP contribution in [0.25, 0.3) is 100 Å². The molecule has 0 unspecified atom stereocenters. The van der Waals surface area contributed by atoms with E-state index in [1.54, 1.807) is 0 Å². The SMILES string of the molecule is Cc1ccccc1-c1cc(-c2ccc(-c3ccc(-n4c5ccccc5c5cc(-n6c7ccccc7c7ccccc76)ccc54)cc3)cc2C)nc(-c2ccccc2C)n1. The van der Waals surface area contributed by atoms with Gasteiger partial charge >= 0.3 is 0 Å². The number of benzene rings is 8. The summed E-state index contributed by atoms with van der Waals surface area (Å²) in [5.41, 5.74) is 18.1. The van der Waals surface area contributed by atoms with Crippen LogP contribution in [-0.2, 0) is 0 Å². The van der Waals surface area contributed by atoms with Crippen molar-refractivity contribution in [3.05, 3.63) is 205 Å². The number of fused-ring (bicyclic) bond motifs is 6. The van der Waals surface area contributed by atoms with Crippen molar-refractivity contribution in [1.29, 1.82) is 0 Å². The van der Waals surface area contributed by atoms with Gasteiger partial charge in [0.15, 0.2) is 5.82 Å². The topological polar surface area (TPSA) is 35.6 Å². The van der Waals surface area contributed by atoms with Gasteiger partial charge in [-0.15, -0.1) is 0 Å². The average Bonchev–Trinajstić information content (AvgIpc) is 3.79. The van der Waals surface area contributed by atoms with Crippen LogP contribution in [0, 0.1) is 20.8 Å². The Hall–Kier alpha value is -7.56. The summed E-state index contributed by atoms with van der Waals surface area (Å²) in [6.45, 7) is 6.44. The Morgan fingerprint density at radius 1 is 0.322 bits per heavy atom. The first kappa shape index (κ1) is 34.7. The van der Waals surface area contributed by atoms with Crippen molar-refractivity contribution in [2.24, 2.45) is 0 Å². The van der Waals surface area contributed by atoms with Gasteiger partial charge in [-0.2, -0.15) is 0 Å². The quantitative estimate of drug-likeness (QED) is 0.169. The molecule has 0 bridgehead atoms. The lowest BCUT2D eigenvalue weighted by atomic mass is 9.96. The van der Waals surface area contributed by atoms with E-state index in [1.807, 2.05) is 0 Å². The summed E-state index contributed by atoms with van der Waals surface area (Å²) in [7, 11) is 0. The molecule has 0 saturated carbocycles. The third kappa shape index (κ3) is 5.75. The fourth-order valence-electron chi connectivity index (χ4n) is 9.04. The molecule has 0 fully saturated rings. The number of para-hydroxylation sites is 3. The summed E-state index contributed by atoms with van der Waals surface area (Å²) in [5.74, 6) is 0.742. The van der Waals surface area contributed by atoms with Crippen LogP contribution in [0.2, 0.25) is 0 Å². The molecular weight excluding hydrogens is 717 g/mol. The first-order valence-electron chi connectivity index (χ1n) is 20.2. The van der Waals surface area contributed by atoms with Crippen molar-refractivity contribution >= 4 is 43.6 Å². The minimum absolute atomic E-state index is 0.742. The zero-order valence-electron chi connectivity index (χ0n) is 33.2. The zero-order chi connectivity index (χ0) is 39.6. The second kappa shape index (κ2) is 13.8. The van der Waals surface area contributed by atoms with Gasteiger partial charge in [-0.1, -0.05) is 133 Å². The van der Waals surface area contributed by atoms with E-state index in [-0.39, 0.29) is 0 Å². The zero-order valence-corrected chi connectivity index (χ0v) is 33.2. The van der Waals surface area contributed by atoms with Gasteiger partial charge in [0.1, 0.15) is 0 Å². The van der Waals surface area contributed by atoms with Crippen molar-refractivity contribution in [2.45, 2.75) is 20.8 Å². The van der Waals surface area contributed by atoms with E-state index in [1.165, 1.54) is 60.3 Å². The molecule has 280 valence electrons. The number of hydrogen-bond acceptors (Lipinski definition) is 2. The molecule has 8 aromatic carbocycles. The molecule has 0 N–H and O–H groups in total. The van der Waals surface area contributed by atoms with E-state index < -0.39 is 0 Å². The Morgan fingerprint density at radius 3 is 1.37 bits per heavy atom. The highest BCUT2D eigenvalue weighted by molar-refractivity contribution is 6.12. The maximum Gasteiger partial charge on any atom is 0.160 e. The second-order valence-corrected chi connectivity index (χ2v) is 15.6. The first-order valence-corrected chi connectivity index (χ1v) is 20.2. The first-order chi connectivity index (χ1) is 29.0. The van der Waals surface area contributed by atoms with Crippen LogP contribution in [0.1, 0.15) is 16.7 Å². The summed E-state index contributed by atoms with van der Waals surface area (Å²) in [4.78, 5) is 10.3. The lowest BCUT2D eigenvalue weighted by Crippen LogP contribution is -1.99. The molecule has 3 heterocycles. The van der Waals surface area contributed by atoms with Gasteiger partial charge in [0.05, 0.1) is 33.5 Å². The molecule has 0 aliphatic heterocycles. The summed E-state index contributed by atoms with van der Waals surface area (Å²) < 4.78 is 4.79. The predicted molar refractivity (Wildman–Crippen MR) is 247 cm³/mol. The number of hydrogen-bond donors (Lipinski definition) is 0. The molecule has 0 aliphatic carbocycles. The van der Waals surface area contributed by atoms with Crippen LogP contribution in [-0.4, -0.2) is 19.1 Å². The van der Waals surface area contributed by atoms with Crippen molar-refractivity contribution in [1.82, 2.24) is 19.1 Å². The molecular formula is C55H40N4. The Labute approximate surface area is 343 Å². The van der Waals surface area contributed by atoms with Gasteiger partial charge in [-0.3, -0.25) is 0 Å². The van der Waals surface area contributed by atoms with E-state index in [4.69, 9.17) is 9.97 Å². The van der Waals surface area contributed by atoms with Gasteiger partial charge in [0, 0.05) is 49.6 Å². The highest BCUT2D eigenvalue weighted by atomic mass is 15.0. The van der Waals surface area contributed by atoms with Gasteiger partial charge in [-0.05, 0) is 103 Å². The number of aromatic nitrogens is 4. The molecule has 3 aromatic heterocycles.